The number of anilines is 2. The van der Waals surface area contributed by atoms with Crippen LogP contribution in [-0.4, -0.2) is 19.0 Å². The molecule has 2 aliphatic rings. The maximum Gasteiger partial charge on any atom is 0.255 e. The van der Waals surface area contributed by atoms with Crippen molar-refractivity contribution >= 4 is 17.3 Å². The van der Waals surface area contributed by atoms with E-state index >= 15 is 0 Å². The van der Waals surface area contributed by atoms with Crippen LogP contribution in [-0.2, 0) is 0 Å². The number of nitrogens with zero attached hydrogens (tertiary/aromatic N) is 1. The van der Waals surface area contributed by atoms with Gasteiger partial charge in [0.05, 0.1) is 0 Å². The van der Waals surface area contributed by atoms with Crippen molar-refractivity contribution in [1.29, 1.82) is 0 Å². The van der Waals surface area contributed by atoms with E-state index in [9.17, 15) is 4.79 Å². The molecule has 0 saturated carbocycles. The Morgan fingerprint density at radius 2 is 1.89 bits per heavy atom. The quantitative estimate of drug-likeness (QED) is 0.740. The number of hydrogen-bond acceptors (Lipinski definition) is 2. The average Bonchev–Trinajstić information content (AvgIpc) is 3.25. The summed E-state index contributed by atoms with van der Waals surface area (Å²) in [7, 11) is 0. The highest BCUT2D eigenvalue weighted by atomic mass is 16.1. The fourth-order valence-electron chi connectivity index (χ4n) is 4.25. The van der Waals surface area contributed by atoms with Crippen molar-refractivity contribution < 1.29 is 4.79 Å². The van der Waals surface area contributed by atoms with Gasteiger partial charge < -0.3 is 10.2 Å². The lowest BCUT2D eigenvalue weighted by molar-refractivity contribution is 0.102. The van der Waals surface area contributed by atoms with E-state index in [2.05, 4.69) is 59.6 Å². The molecule has 0 bridgehead atoms. The van der Waals surface area contributed by atoms with Crippen LogP contribution < -0.4 is 10.2 Å². The monoisotopic (exact) mass is 372 g/mol. The molecule has 2 aromatic rings. The van der Waals surface area contributed by atoms with Gasteiger partial charge >= 0.3 is 0 Å². The van der Waals surface area contributed by atoms with E-state index in [1.54, 1.807) is 0 Å². The Labute approximate surface area is 167 Å². The van der Waals surface area contributed by atoms with E-state index < -0.39 is 0 Å². The standard InChI is InChI=1S/C25H28N2O/c1-18-13-14-21(20-9-4-3-5-10-20)22(17-18)25(28)26-23-11-8-12-24(19(23)2)27-15-6-7-16-27/h3-5,8-9,11-14,17,20H,6-7,10,15-16H2,1-2H3,(H,26,28). The molecule has 1 aliphatic heterocycles. The van der Waals surface area contributed by atoms with Crippen LogP contribution in [0.4, 0.5) is 11.4 Å². The van der Waals surface area contributed by atoms with Crippen LogP contribution in [0.5, 0.6) is 0 Å². The minimum Gasteiger partial charge on any atom is -0.371 e. The Balaban J connectivity index is 1.62. The van der Waals surface area contributed by atoms with Crippen molar-refractivity contribution in [2.45, 2.75) is 39.0 Å². The van der Waals surface area contributed by atoms with Crippen LogP contribution in [0, 0.1) is 13.8 Å². The predicted molar refractivity (Wildman–Crippen MR) is 117 cm³/mol. The Kier molecular flexibility index (Phi) is 5.34. The summed E-state index contributed by atoms with van der Waals surface area (Å²) in [5.41, 5.74) is 6.26. The molecular formula is C25H28N2O. The van der Waals surface area contributed by atoms with Crippen molar-refractivity contribution in [2.75, 3.05) is 23.3 Å². The van der Waals surface area contributed by atoms with E-state index in [0.717, 1.165) is 47.5 Å². The van der Waals surface area contributed by atoms with Crippen LogP contribution in [0.1, 0.15) is 52.2 Å². The summed E-state index contributed by atoms with van der Waals surface area (Å²) in [5, 5.41) is 3.19. The molecule has 0 spiro atoms. The van der Waals surface area contributed by atoms with E-state index in [1.165, 1.54) is 18.5 Å². The molecule has 3 nitrogen and oxygen atoms in total. The fraction of sp³-hybridized carbons (Fsp3) is 0.320. The van der Waals surface area contributed by atoms with Crippen LogP contribution in [0.2, 0.25) is 0 Å². The van der Waals surface area contributed by atoms with Crippen LogP contribution >= 0.6 is 0 Å². The molecule has 3 heteroatoms. The normalized spacial score (nSPS) is 18.5. The van der Waals surface area contributed by atoms with Gasteiger partial charge in [-0.05, 0) is 62.4 Å². The third-order valence-electron chi connectivity index (χ3n) is 5.83. The molecule has 1 amide bonds. The minimum absolute atomic E-state index is 0.0247. The van der Waals surface area contributed by atoms with Crippen LogP contribution in [0.3, 0.4) is 0 Å². The summed E-state index contributed by atoms with van der Waals surface area (Å²) < 4.78 is 0. The van der Waals surface area contributed by atoms with Gasteiger partial charge in [-0.25, -0.2) is 0 Å². The third kappa shape index (κ3) is 3.75. The van der Waals surface area contributed by atoms with Gasteiger partial charge in [0.2, 0.25) is 0 Å². The van der Waals surface area contributed by atoms with Crippen molar-refractivity contribution in [1.82, 2.24) is 0 Å². The van der Waals surface area contributed by atoms with Gasteiger partial charge in [-0.2, -0.15) is 0 Å². The zero-order chi connectivity index (χ0) is 19.5. The maximum absolute atomic E-state index is 13.2. The van der Waals surface area contributed by atoms with Gasteiger partial charge in [0.15, 0.2) is 0 Å². The highest BCUT2D eigenvalue weighted by molar-refractivity contribution is 6.06. The van der Waals surface area contributed by atoms with Crippen molar-refractivity contribution in [2.24, 2.45) is 0 Å². The van der Waals surface area contributed by atoms with E-state index in [-0.39, 0.29) is 11.8 Å². The lowest BCUT2D eigenvalue weighted by atomic mass is 9.88. The van der Waals surface area contributed by atoms with Crippen molar-refractivity contribution in [3.63, 3.8) is 0 Å². The van der Waals surface area contributed by atoms with E-state index in [0.29, 0.717) is 0 Å². The first-order valence-electron chi connectivity index (χ1n) is 10.2. The molecule has 1 atom stereocenters. The number of allylic oxidation sites excluding steroid dienone is 4. The topological polar surface area (TPSA) is 32.3 Å². The number of benzene rings is 2. The highest BCUT2D eigenvalue weighted by Crippen LogP contribution is 2.31. The molecule has 28 heavy (non-hydrogen) atoms. The predicted octanol–water partition coefficient (Wildman–Crippen LogP) is 5.76. The lowest BCUT2D eigenvalue weighted by Gasteiger charge is -2.23. The van der Waals surface area contributed by atoms with E-state index in [1.807, 2.05) is 25.1 Å². The van der Waals surface area contributed by atoms with Gasteiger partial charge in [0.1, 0.15) is 0 Å². The Morgan fingerprint density at radius 1 is 1.07 bits per heavy atom. The summed E-state index contributed by atoms with van der Waals surface area (Å²) in [6.45, 7) is 6.34. The van der Waals surface area contributed by atoms with Gasteiger partial charge in [-0.1, -0.05) is 48.1 Å². The zero-order valence-corrected chi connectivity index (χ0v) is 16.7. The number of amides is 1. The molecule has 1 heterocycles. The molecule has 1 unspecified atom stereocenters. The van der Waals surface area contributed by atoms with Crippen molar-refractivity contribution in [3.05, 3.63) is 83.0 Å². The number of carbonyl (C=O) groups is 1. The summed E-state index contributed by atoms with van der Waals surface area (Å²) in [5.74, 6) is 0.228. The minimum atomic E-state index is -0.0247. The second-order valence-electron chi connectivity index (χ2n) is 7.84. The fourth-order valence-corrected chi connectivity index (χ4v) is 4.25. The molecule has 0 radical (unpaired) electrons. The number of aryl methyl sites for hydroxylation is 1. The first-order valence-corrected chi connectivity index (χ1v) is 10.2. The smallest absolute Gasteiger partial charge is 0.255 e. The van der Waals surface area contributed by atoms with Crippen LogP contribution in [0.15, 0.2) is 60.7 Å². The largest absolute Gasteiger partial charge is 0.371 e. The second-order valence-corrected chi connectivity index (χ2v) is 7.84. The summed E-state index contributed by atoms with van der Waals surface area (Å²) in [6.07, 6.45) is 11.9. The summed E-state index contributed by atoms with van der Waals surface area (Å²) >= 11 is 0. The SMILES string of the molecule is Cc1ccc(C2C=CC=CC2)c(C(=O)Nc2cccc(N3CCCC3)c2C)c1. The number of hydrogen-bond donors (Lipinski definition) is 1. The molecule has 4 rings (SSSR count). The molecular weight excluding hydrogens is 344 g/mol. The Hall–Kier alpha value is -2.81. The maximum atomic E-state index is 13.2. The number of nitrogens with one attached hydrogen (secondary N) is 1. The third-order valence-corrected chi connectivity index (χ3v) is 5.83. The first kappa shape index (κ1) is 18.5. The van der Waals surface area contributed by atoms with Gasteiger partial charge in [0.25, 0.3) is 5.91 Å². The van der Waals surface area contributed by atoms with Gasteiger partial charge in [-0.15, -0.1) is 0 Å². The molecule has 1 aliphatic carbocycles. The molecule has 144 valence electrons. The molecule has 0 aromatic heterocycles. The van der Waals surface area contributed by atoms with Gasteiger partial charge in [-0.3, -0.25) is 4.79 Å². The highest BCUT2D eigenvalue weighted by Gasteiger charge is 2.20. The molecule has 2 aromatic carbocycles. The molecule has 1 fully saturated rings. The molecule has 1 saturated heterocycles. The number of carbonyl (C=O) groups excluding carboxylic acids is 1. The average molecular weight is 373 g/mol. The summed E-state index contributed by atoms with van der Waals surface area (Å²) in [6, 6.07) is 12.4. The van der Waals surface area contributed by atoms with E-state index in [4.69, 9.17) is 0 Å². The number of rotatable bonds is 4. The second kappa shape index (κ2) is 8.05. The Bertz CT molecular complexity index is 936. The lowest BCUT2D eigenvalue weighted by Crippen LogP contribution is -2.20. The van der Waals surface area contributed by atoms with Crippen LogP contribution in [0.25, 0.3) is 0 Å². The first-order chi connectivity index (χ1) is 13.6. The zero-order valence-electron chi connectivity index (χ0n) is 16.7. The van der Waals surface area contributed by atoms with Gasteiger partial charge in [0, 0.05) is 35.9 Å². The molecule has 1 N–H and O–H groups in total. The Morgan fingerprint density at radius 3 is 2.64 bits per heavy atom. The summed E-state index contributed by atoms with van der Waals surface area (Å²) in [4.78, 5) is 15.7. The van der Waals surface area contributed by atoms with Crippen molar-refractivity contribution in [3.8, 4) is 0 Å².